The van der Waals surface area contributed by atoms with E-state index in [1.54, 1.807) is 17.9 Å². The van der Waals surface area contributed by atoms with Crippen LogP contribution in [0.15, 0.2) is 22.9 Å². The Bertz CT molecular complexity index is 607. The third-order valence-electron chi connectivity index (χ3n) is 3.63. The van der Waals surface area contributed by atoms with Crippen molar-refractivity contribution in [1.82, 2.24) is 20.3 Å². The topological polar surface area (TPSA) is 95.2 Å². The lowest BCUT2D eigenvalue weighted by atomic mass is 9.90. The summed E-state index contributed by atoms with van der Waals surface area (Å²) in [5.41, 5.74) is -0.162. The maximum atomic E-state index is 12.4. The first-order valence-electron chi connectivity index (χ1n) is 6.51. The van der Waals surface area contributed by atoms with Crippen molar-refractivity contribution in [2.45, 2.75) is 25.4 Å². The van der Waals surface area contributed by atoms with E-state index in [1.807, 2.05) is 0 Å². The predicted octanol–water partition coefficient (Wildman–Crippen LogP) is 0.830. The van der Waals surface area contributed by atoms with Gasteiger partial charge in [0.1, 0.15) is 23.3 Å². The molecule has 0 bridgehead atoms. The van der Waals surface area contributed by atoms with E-state index >= 15 is 0 Å². The summed E-state index contributed by atoms with van der Waals surface area (Å²) in [6.45, 7) is 2.62. The third-order valence-corrected chi connectivity index (χ3v) is 3.63. The number of aromatic amines is 1. The van der Waals surface area contributed by atoms with Crippen LogP contribution < -0.4 is 0 Å². The SMILES string of the molecule is Cc1cc(C(=O)N2CCC[C@](O)(c3cn[nH]n3)C2)co1. The molecule has 2 N–H and O–H groups in total. The maximum absolute atomic E-state index is 12.4. The molecule has 1 aliphatic rings. The Morgan fingerprint density at radius 1 is 1.60 bits per heavy atom. The first-order chi connectivity index (χ1) is 9.58. The van der Waals surface area contributed by atoms with Crippen LogP contribution in [0.5, 0.6) is 0 Å². The zero-order chi connectivity index (χ0) is 14.2. The van der Waals surface area contributed by atoms with Crippen LogP contribution in [-0.2, 0) is 5.60 Å². The molecule has 7 heteroatoms. The van der Waals surface area contributed by atoms with Gasteiger partial charge in [0.2, 0.25) is 0 Å². The Labute approximate surface area is 115 Å². The number of hydrogen-bond donors (Lipinski definition) is 2. The molecule has 1 fully saturated rings. The average Bonchev–Trinajstić information content (AvgIpc) is 3.09. The number of likely N-dealkylation sites (tertiary alicyclic amines) is 1. The van der Waals surface area contributed by atoms with Crippen LogP contribution >= 0.6 is 0 Å². The fourth-order valence-corrected chi connectivity index (χ4v) is 2.58. The number of β-amino-alcohol motifs (C(OH)–C–C–N with tert-alkyl or cyclic N) is 1. The van der Waals surface area contributed by atoms with E-state index in [-0.39, 0.29) is 12.5 Å². The number of amides is 1. The lowest BCUT2D eigenvalue weighted by Gasteiger charge is -2.37. The summed E-state index contributed by atoms with van der Waals surface area (Å²) in [7, 11) is 0. The van der Waals surface area contributed by atoms with Crippen LogP contribution in [0.1, 0.15) is 34.7 Å². The first kappa shape index (κ1) is 12.9. The monoisotopic (exact) mass is 276 g/mol. The van der Waals surface area contributed by atoms with Crippen molar-refractivity contribution < 1.29 is 14.3 Å². The molecule has 3 heterocycles. The number of furan rings is 1. The van der Waals surface area contributed by atoms with E-state index in [4.69, 9.17) is 4.42 Å². The van der Waals surface area contributed by atoms with Gasteiger partial charge in [-0.2, -0.15) is 15.4 Å². The number of rotatable bonds is 2. The number of nitrogens with one attached hydrogen (secondary N) is 1. The highest BCUT2D eigenvalue weighted by Crippen LogP contribution is 2.30. The lowest BCUT2D eigenvalue weighted by molar-refractivity contribution is -0.0320. The zero-order valence-electron chi connectivity index (χ0n) is 11.2. The summed E-state index contributed by atoms with van der Waals surface area (Å²) in [6, 6.07) is 1.70. The second-order valence-electron chi connectivity index (χ2n) is 5.16. The highest BCUT2D eigenvalue weighted by Gasteiger charge is 2.39. The smallest absolute Gasteiger partial charge is 0.257 e. The van der Waals surface area contributed by atoms with Gasteiger partial charge in [-0.1, -0.05) is 0 Å². The molecule has 2 aromatic heterocycles. The van der Waals surface area contributed by atoms with Crippen molar-refractivity contribution in [3.63, 3.8) is 0 Å². The molecule has 20 heavy (non-hydrogen) atoms. The lowest BCUT2D eigenvalue weighted by Crippen LogP contribution is -2.48. The predicted molar refractivity (Wildman–Crippen MR) is 68.9 cm³/mol. The molecule has 1 amide bonds. The van der Waals surface area contributed by atoms with Gasteiger partial charge in [0.05, 0.1) is 18.3 Å². The number of aromatic nitrogens is 3. The zero-order valence-corrected chi connectivity index (χ0v) is 11.2. The molecule has 3 rings (SSSR count). The molecule has 0 aliphatic carbocycles. The van der Waals surface area contributed by atoms with E-state index in [2.05, 4.69) is 15.4 Å². The standard InChI is InChI=1S/C13H16N4O3/c1-9-5-10(7-20-9)12(18)17-4-2-3-13(19,8-17)11-6-14-16-15-11/h5-7,19H,2-4,8H2,1H3,(H,14,15,16)/t13-/m1/s1. The summed E-state index contributed by atoms with van der Waals surface area (Å²) in [5, 5.41) is 20.8. The van der Waals surface area contributed by atoms with Crippen LogP contribution in [0.3, 0.4) is 0 Å². The molecule has 0 radical (unpaired) electrons. The normalized spacial score (nSPS) is 23.0. The van der Waals surface area contributed by atoms with Crippen LogP contribution in [0.2, 0.25) is 0 Å². The van der Waals surface area contributed by atoms with Crippen molar-refractivity contribution >= 4 is 5.91 Å². The number of nitrogens with zero attached hydrogens (tertiary/aromatic N) is 3. The van der Waals surface area contributed by atoms with Crippen LogP contribution in [-0.4, -0.2) is 44.4 Å². The van der Waals surface area contributed by atoms with Crippen molar-refractivity contribution in [1.29, 1.82) is 0 Å². The number of hydrogen-bond acceptors (Lipinski definition) is 5. The van der Waals surface area contributed by atoms with Crippen molar-refractivity contribution in [3.8, 4) is 0 Å². The number of carbonyl (C=O) groups is 1. The average molecular weight is 276 g/mol. The Morgan fingerprint density at radius 2 is 2.45 bits per heavy atom. The van der Waals surface area contributed by atoms with Gasteiger partial charge in [-0.05, 0) is 25.8 Å². The Kier molecular flexibility index (Phi) is 3.06. The minimum absolute atomic E-state index is 0.136. The summed E-state index contributed by atoms with van der Waals surface area (Å²) in [5.74, 6) is 0.556. The number of piperidine rings is 1. The van der Waals surface area contributed by atoms with E-state index in [9.17, 15) is 9.90 Å². The minimum atomic E-state index is -1.14. The Balaban J connectivity index is 1.80. The molecule has 7 nitrogen and oxygen atoms in total. The van der Waals surface area contributed by atoms with Crippen LogP contribution in [0, 0.1) is 6.92 Å². The van der Waals surface area contributed by atoms with Gasteiger partial charge in [-0.3, -0.25) is 4.79 Å². The molecule has 2 aromatic rings. The molecule has 1 atom stereocenters. The van der Waals surface area contributed by atoms with Gasteiger partial charge in [-0.15, -0.1) is 0 Å². The Morgan fingerprint density at radius 3 is 3.10 bits per heavy atom. The number of aryl methyl sites for hydroxylation is 1. The summed E-state index contributed by atoms with van der Waals surface area (Å²) in [4.78, 5) is 14.0. The first-order valence-corrected chi connectivity index (χ1v) is 6.51. The van der Waals surface area contributed by atoms with Crippen molar-refractivity contribution in [2.75, 3.05) is 13.1 Å². The minimum Gasteiger partial charge on any atom is -0.469 e. The maximum Gasteiger partial charge on any atom is 0.257 e. The van der Waals surface area contributed by atoms with E-state index in [0.29, 0.717) is 36.4 Å². The quantitative estimate of drug-likeness (QED) is 0.847. The van der Waals surface area contributed by atoms with E-state index in [0.717, 1.165) is 0 Å². The van der Waals surface area contributed by atoms with Gasteiger partial charge < -0.3 is 14.4 Å². The molecule has 0 saturated carbocycles. The molecular weight excluding hydrogens is 260 g/mol. The molecule has 0 unspecified atom stereocenters. The summed E-state index contributed by atoms with van der Waals surface area (Å²) in [6.07, 6.45) is 4.22. The molecule has 1 saturated heterocycles. The fourth-order valence-electron chi connectivity index (χ4n) is 2.58. The molecule has 0 aromatic carbocycles. The number of carbonyl (C=O) groups excluding carboxylic acids is 1. The molecule has 1 aliphatic heterocycles. The Hall–Kier alpha value is -2.15. The van der Waals surface area contributed by atoms with Crippen LogP contribution in [0.4, 0.5) is 0 Å². The summed E-state index contributed by atoms with van der Waals surface area (Å²) < 4.78 is 5.16. The number of aliphatic hydroxyl groups is 1. The number of H-pyrrole nitrogens is 1. The van der Waals surface area contributed by atoms with Gasteiger partial charge in [-0.25, -0.2) is 0 Å². The largest absolute Gasteiger partial charge is 0.469 e. The van der Waals surface area contributed by atoms with Crippen molar-refractivity contribution in [3.05, 3.63) is 35.5 Å². The van der Waals surface area contributed by atoms with Crippen molar-refractivity contribution in [2.24, 2.45) is 0 Å². The van der Waals surface area contributed by atoms with Gasteiger partial charge in [0.15, 0.2) is 0 Å². The highest BCUT2D eigenvalue weighted by molar-refractivity contribution is 5.94. The molecule has 0 spiro atoms. The van der Waals surface area contributed by atoms with E-state index < -0.39 is 5.60 Å². The molecule has 106 valence electrons. The second kappa shape index (κ2) is 4.75. The third kappa shape index (κ3) is 2.20. The van der Waals surface area contributed by atoms with Gasteiger partial charge in [0.25, 0.3) is 5.91 Å². The molecular formula is C13H16N4O3. The van der Waals surface area contributed by atoms with Gasteiger partial charge >= 0.3 is 0 Å². The summed E-state index contributed by atoms with van der Waals surface area (Å²) >= 11 is 0. The fraction of sp³-hybridized carbons (Fsp3) is 0.462. The van der Waals surface area contributed by atoms with Gasteiger partial charge in [0, 0.05) is 6.54 Å². The second-order valence-corrected chi connectivity index (χ2v) is 5.16. The van der Waals surface area contributed by atoms with Crippen LogP contribution in [0.25, 0.3) is 0 Å². The van der Waals surface area contributed by atoms with E-state index in [1.165, 1.54) is 12.5 Å². The highest BCUT2D eigenvalue weighted by atomic mass is 16.3.